The summed E-state index contributed by atoms with van der Waals surface area (Å²) in [4.78, 5) is 0. The Kier molecular flexibility index (Phi) is 1.24. The molecule has 2 saturated carbocycles. The van der Waals surface area contributed by atoms with Gasteiger partial charge < -0.3 is 10.5 Å². The number of ether oxygens (including phenoxy) is 1. The quantitative estimate of drug-likeness (QED) is 0.640. The van der Waals surface area contributed by atoms with Gasteiger partial charge in [-0.1, -0.05) is 13.8 Å². The zero-order valence-corrected chi connectivity index (χ0v) is 8.73. The first-order valence-electron chi connectivity index (χ1n) is 5.51. The van der Waals surface area contributed by atoms with E-state index >= 15 is 0 Å². The van der Waals surface area contributed by atoms with E-state index in [0.717, 1.165) is 19.1 Å². The summed E-state index contributed by atoms with van der Waals surface area (Å²) in [5.74, 6) is 0.924. The third-order valence-corrected chi connectivity index (χ3v) is 5.79. The van der Waals surface area contributed by atoms with Gasteiger partial charge in [-0.25, -0.2) is 0 Å². The summed E-state index contributed by atoms with van der Waals surface area (Å²) < 4.78 is 6.07. The molecule has 4 atom stereocenters. The Morgan fingerprint density at radius 2 is 2.23 bits per heavy atom. The van der Waals surface area contributed by atoms with Crippen molar-refractivity contribution in [1.82, 2.24) is 0 Å². The first-order chi connectivity index (χ1) is 6.08. The fourth-order valence-electron chi connectivity index (χ4n) is 4.45. The van der Waals surface area contributed by atoms with Crippen LogP contribution in [0.15, 0.2) is 0 Å². The van der Waals surface area contributed by atoms with Crippen LogP contribution in [0.2, 0.25) is 0 Å². The lowest BCUT2D eigenvalue weighted by molar-refractivity contribution is -0.409. The molecular formula is C11H20NO+. The molecule has 3 N–H and O–H groups in total. The zero-order chi connectivity index (χ0) is 9.32. The van der Waals surface area contributed by atoms with E-state index in [2.05, 4.69) is 19.6 Å². The first kappa shape index (κ1) is 8.25. The van der Waals surface area contributed by atoms with E-state index < -0.39 is 0 Å². The number of rotatable bonds is 1. The Balaban J connectivity index is 2.14. The average Bonchev–Trinajstić information content (AvgIpc) is 2.58. The number of hydrogen-bond donors (Lipinski definition) is 1. The van der Waals surface area contributed by atoms with Crippen molar-refractivity contribution in [3.8, 4) is 0 Å². The van der Waals surface area contributed by atoms with Gasteiger partial charge in [-0.3, -0.25) is 0 Å². The molecule has 3 rings (SSSR count). The maximum Gasteiger partial charge on any atom is 0.123 e. The van der Waals surface area contributed by atoms with E-state index in [-0.39, 0.29) is 5.60 Å². The van der Waals surface area contributed by atoms with Gasteiger partial charge in [0.15, 0.2) is 0 Å². The molecule has 4 unspecified atom stereocenters. The summed E-state index contributed by atoms with van der Waals surface area (Å²) in [6.45, 7) is 6.84. The SMILES string of the molecule is CC12COC3(C[NH3+])CC1CCC32C. The van der Waals surface area contributed by atoms with Gasteiger partial charge in [0, 0.05) is 10.8 Å². The van der Waals surface area contributed by atoms with Crippen LogP contribution in [-0.4, -0.2) is 18.8 Å². The highest BCUT2D eigenvalue weighted by Crippen LogP contribution is 2.74. The smallest absolute Gasteiger partial charge is 0.123 e. The highest BCUT2D eigenvalue weighted by molar-refractivity contribution is 5.23. The molecule has 13 heavy (non-hydrogen) atoms. The third-order valence-electron chi connectivity index (χ3n) is 5.79. The third kappa shape index (κ3) is 0.581. The second kappa shape index (κ2) is 1.96. The standard InChI is InChI=1S/C11H19NO/c1-9-7-13-11(6-12)5-8(9)3-4-10(9,11)2/h8H,3-7,12H2,1-2H3/p+1. The fourth-order valence-corrected chi connectivity index (χ4v) is 4.45. The van der Waals surface area contributed by atoms with Gasteiger partial charge in [0.2, 0.25) is 0 Å². The Labute approximate surface area is 79.8 Å². The summed E-state index contributed by atoms with van der Waals surface area (Å²) in [6.07, 6.45) is 4.07. The van der Waals surface area contributed by atoms with Crippen molar-refractivity contribution < 1.29 is 10.5 Å². The molecule has 74 valence electrons. The van der Waals surface area contributed by atoms with Gasteiger partial charge in [-0.05, 0) is 25.2 Å². The second-order valence-electron chi connectivity index (χ2n) is 5.72. The molecule has 3 fully saturated rings. The van der Waals surface area contributed by atoms with E-state index in [0.29, 0.717) is 10.8 Å². The lowest BCUT2D eigenvalue weighted by atomic mass is 9.66. The molecule has 1 aliphatic heterocycles. The van der Waals surface area contributed by atoms with Crippen LogP contribution in [0, 0.1) is 16.7 Å². The molecule has 0 aromatic heterocycles. The van der Waals surface area contributed by atoms with Crippen molar-refractivity contribution in [3.05, 3.63) is 0 Å². The second-order valence-corrected chi connectivity index (χ2v) is 5.72. The Hall–Kier alpha value is -0.0800. The van der Waals surface area contributed by atoms with E-state index in [1.807, 2.05) is 0 Å². The Morgan fingerprint density at radius 1 is 1.46 bits per heavy atom. The molecule has 2 heteroatoms. The van der Waals surface area contributed by atoms with Gasteiger partial charge in [0.1, 0.15) is 12.1 Å². The largest absolute Gasteiger partial charge is 0.368 e. The zero-order valence-electron chi connectivity index (χ0n) is 8.73. The lowest BCUT2D eigenvalue weighted by Gasteiger charge is -2.38. The van der Waals surface area contributed by atoms with Crippen molar-refractivity contribution in [2.45, 2.75) is 38.7 Å². The molecule has 1 saturated heterocycles. The van der Waals surface area contributed by atoms with Crippen LogP contribution in [0.25, 0.3) is 0 Å². The van der Waals surface area contributed by atoms with Gasteiger partial charge in [0.05, 0.1) is 6.61 Å². The number of quaternary nitrogens is 1. The van der Waals surface area contributed by atoms with Crippen LogP contribution in [-0.2, 0) is 4.74 Å². The van der Waals surface area contributed by atoms with E-state index in [1.165, 1.54) is 19.3 Å². The minimum atomic E-state index is 0.157. The van der Waals surface area contributed by atoms with E-state index in [9.17, 15) is 0 Å². The van der Waals surface area contributed by atoms with E-state index in [4.69, 9.17) is 4.74 Å². The maximum absolute atomic E-state index is 6.07. The maximum atomic E-state index is 6.07. The monoisotopic (exact) mass is 182 g/mol. The molecule has 0 amide bonds. The van der Waals surface area contributed by atoms with Gasteiger partial charge in [-0.2, -0.15) is 0 Å². The molecule has 0 radical (unpaired) electrons. The lowest BCUT2D eigenvalue weighted by Crippen LogP contribution is -2.65. The van der Waals surface area contributed by atoms with Gasteiger partial charge >= 0.3 is 0 Å². The minimum Gasteiger partial charge on any atom is -0.368 e. The highest BCUT2D eigenvalue weighted by Gasteiger charge is 2.76. The predicted molar refractivity (Wildman–Crippen MR) is 50.0 cm³/mol. The molecule has 1 heterocycles. The summed E-state index contributed by atoms with van der Waals surface area (Å²) in [6, 6.07) is 0. The van der Waals surface area contributed by atoms with Crippen LogP contribution in [0.4, 0.5) is 0 Å². The topological polar surface area (TPSA) is 36.9 Å². The van der Waals surface area contributed by atoms with Gasteiger partial charge in [-0.15, -0.1) is 0 Å². The fraction of sp³-hybridized carbons (Fsp3) is 1.00. The van der Waals surface area contributed by atoms with Crippen molar-refractivity contribution in [3.63, 3.8) is 0 Å². The predicted octanol–water partition coefficient (Wildman–Crippen LogP) is 0.824. The van der Waals surface area contributed by atoms with Crippen molar-refractivity contribution >= 4 is 0 Å². The molecular weight excluding hydrogens is 162 g/mol. The molecule has 0 spiro atoms. The van der Waals surface area contributed by atoms with Gasteiger partial charge in [0.25, 0.3) is 0 Å². The van der Waals surface area contributed by atoms with Crippen LogP contribution >= 0.6 is 0 Å². The molecule has 2 nitrogen and oxygen atoms in total. The Morgan fingerprint density at radius 3 is 2.69 bits per heavy atom. The normalized spacial score (nSPS) is 63.5. The van der Waals surface area contributed by atoms with Crippen molar-refractivity contribution in [2.24, 2.45) is 16.7 Å². The summed E-state index contributed by atoms with van der Waals surface area (Å²) in [5.41, 5.74) is 5.18. The summed E-state index contributed by atoms with van der Waals surface area (Å²) in [5, 5.41) is 0. The van der Waals surface area contributed by atoms with Crippen LogP contribution in [0.3, 0.4) is 0 Å². The number of hydrogen-bond acceptors (Lipinski definition) is 1. The highest BCUT2D eigenvalue weighted by atomic mass is 16.5. The minimum absolute atomic E-state index is 0.157. The Bertz CT molecular complexity index is 267. The van der Waals surface area contributed by atoms with Crippen LogP contribution < -0.4 is 5.73 Å². The first-order valence-corrected chi connectivity index (χ1v) is 5.51. The van der Waals surface area contributed by atoms with E-state index in [1.54, 1.807) is 0 Å². The summed E-state index contributed by atoms with van der Waals surface area (Å²) in [7, 11) is 0. The molecule has 3 aliphatic rings. The van der Waals surface area contributed by atoms with Crippen molar-refractivity contribution in [2.75, 3.05) is 13.2 Å². The molecule has 0 aromatic rings. The molecule has 4 bridgehead atoms. The average molecular weight is 182 g/mol. The molecule has 0 aromatic carbocycles. The van der Waals surface area contributed by atoms with Crippen LogP contribution in [0.1, 0.15) is 33.1 Å². The van der Waals surface area contributed by atoms with Crippen LogP contribution in [0.5, 0.6) is 0 Å². The molecule has 2 aliphatic carbocycles. The summed E-state index contributed by atoms with van der Waals surface area (Å²) >= 11 is 0. The van der Waals surface area contributed by atoms with Crippen molar-refractivity contribution in [1.29, 1.82) is 0 Å².